The largest absolute Gasteiger partial charge is 0.408 e. The van der Waals surface area contributed by atoms with E-state index in [1.165, 1.54) is 0 Å². The molecule has 0 saturated heterocycles. The van der Waals surface area contributed by atoms with Crippen molar-refractivity contribution in [3.8, 4) is 0 Å². The summed E-state index contributed by atoms with van der Waals surface area (Å²) in [6.07, 6.45) is -4.35. The Balaban J connectivity index is 4.11. The van der Waals surface area contributed by atoms with Gasteiger partial charge in [-0.25, -0.2) is 0 Å². The van der Waals surface area contributed by atoms with Gasteiger partial charge in [-0.3, -0.25) is 4.79 Å². The molecule has 0 rings (SSSR count). The van der Waals surface area contributed by atoms with E-state index in [0.717, 1.165) is 13.8 Å². The molecular formula is C7H10F3NO. The maximum absolute atomic E-state index is 11.9. The SMILES string of the molecule is C=C(N[C@H](C)C(F)(F)F)C(C)=O. The summed E-state index contributed by atoms with van der Waals surface area (Å²) in [4.78, 5) is 10.5. The molecule has 0 unspecified atom stereocenters. The number of nitrogens with one attached hydrogen (secondary N) is 1. The van der Waals surface area contributed by atoms with Crippen molar-refractivity contribution in [2.75, 3.05) is 0 Å². The third-order valence-electron chi connectivity index (χ3n) is 1.31. The second-order valence-electron chi connectivity index (χ2n) is 2.44. The predicted molar refractivity (Wildman–Crippen MR) is 38.5 cm³/mol. The van der Waals surface area contributed by atoms with Crippen molar-refractivity contribution < 1.29 is 18.0 Å². The van der Waals surface area contributed by atoms with Gasteiger partial charge in [-0.2, -0.15) is 13.2 Å². The molecule has 1 atom stereocenters. The van der Waals surface area contributed by atoms with Crippen LogP contribution in [0.1, 0.15) is 13.8 Å². The molecule has 0 aromatic heterocycles. The van der Waals surface area contributed by atoms with E-state index >= 15 is 0 Å². The van der Waals surface area contributed by atoms with Crippen LogP contribution in [0.25, 0.3) is 0 Å². The van der Waals surface area contributed by atoms with Gasteiger partial charge in [-0.05, 0) is 6.92 Å². The highest BCUT2D eigenvalue weighted by atomic mass is 19.4. The number of halogens is 3. The Morgan fingerprint density at radius 3 is 2.17 bits per heavy atom. The van der Waals surface area contributed by atoms with Crippen molar-refractivity contribution in [3.63, 3.8) is 0 Å². The van der Waals surface area contributed by atoms with Gasteiger partial charge < -0.3 is 5.32 Å². The Morgan fingerprint density at radius 2 is 1.92 bits per heavy atom. The van der Waals surface area contributed by atoms with Gasteiger partial charge in [0.2, 0.25) is 0 Å². The molecule has 5 heteroatoms. The number of alkyl halides is 3. The Morgan fingerprint density at radius 1 is 1.50 bits per heavy atom. The second-order valence-corrected chi connectivity index (χ2v) is 2.44. The summed E-state index contributed by atoms with van der Waals surface area (Å²) >= 11 is 0. The standard InChI is InChI=1S/C7H10F3NO/c1-4(5(2)12)11-6(3)7(8,9)10/h6,11H,1H2,2-3H3/t6-/m1/s1. The van der Waals surface area contributed by atoms with Crippen LogP contribution in [0.5, 0.6) is 0 Å². The van der Waals surface area contributed by atoms with Crippen LogP contribution < -0.4 is 5.32 Å². The quantitative estimate of drug-likeness (QED) is 0.670. The Labute approximate surface area is 68.4 Å². The van der Waals surface area contributed by atoms with Gasteiger partial charge in [0.1, 0.15) is 6.04 Å². The third-order valence-corrected chi connectivity index (χ3v) is 1.31. The van der Waals surface area contributed by atoms with Crippen molar-refractivity contribution in [1.82, 2.24) is 5.32 Å². The van der Waals surface area contributed by atoms with Gasteiger partial charge in [0, 0.05) is 6.92 Å². The Hall–Kier alpha value is -1.00. The third kappa shape index (κ3) is 3.41. The van der Waals surface area contributed by atoms with Crippen LogP contribution in [0, 0.1) is 0 Å². The summed E-state index contributed by atoms with van der Waals surface area (Å²) in [7, 11) is 0. The van der Waals surface area contributed by atoms with Gasteiger partial charge in [0.25, 0.3) is 0 Å². The van der Waals surface area contributed by atoms with Crippen LogP contribution in [0.4, 0.5) is 13.2 Å². The lowest BCUT2D eigenvalue weighted by Crippen LogP contribution is -2.40. The van der Waals surface area contributed by atoms with Crippen LogP contribution >= 0.6 is 0 Å². The van der Waals surface area contributed by atoms with E-state index in [4.69, 9.17) is 0 Å². The first-order valence-corrected chi connectivity index (χ1v) is 3.28. The minimum absolute atomic E-state index is 0.222. The Bertz CT molecular complexity index is 197. The highest BCUT2D eigenvalue weighted by Gasteiger charge is 2.36. The summed E-state index contributed by atoms with van der Waals surface area (Å²) in [5.41, 5.74) is -0.222. The van der Waals surface area contributed by atoms with Gasteiger partial charge in [-0.1, -0.05) is 6.58 Å². The summed E-state index contributed by atoms with van der Waals surface area (Å²) in [5, 5.41) is 1.95. The van der Waals surface area contributed by atoms with Gasteiger partial charge >= 0.3 is 6.18 Å². The fourth-order valence-corrected chi connectivity index (χ4v) is 0.445. The predicted octanol–water partition coefficient (Wildman–Crippen LogP) is 1.63. The Kier molecular flexibility index (Phi) is 3.30. The molecule has 0 aliphatic rings. The first kappa shape index (κ1) is 11.0. The number of allylic oxidation sites excluding steroid dienone is 1. The zero-order valence-corrected chi connectivity index (χ0v) is 6.83. The number of Topliss-reactive ketones (excluding diaryl/α,β-unsaturated/α-hetero) is 1. The molecule has 2 nitrogen and oxygen atoms in total. The molecular weight excluding hydrogens is 171 g/mol. The van der Waals surface area contributed by atoms with E-state index in [1.54, 1.807) is 0 Å². The smallest absolute Gasteiger partial charge is 0.372 e. The molecule has 0 saturated carbocycles. The van der Waals surface area contributed by atoms with Gasteiger partial charge in [0.15, 0.2) is 5.78 Å². The number of ketones is 1. The van der Waals surface area contributed by atoms with E-state index in [1.807, 2.05) is 5.32 Å². The number of carbonyl (C=O) groups excluding carboxylic acids is 1. The van der Waals surface area contributed by atoms with Crippen LogP contribution in [0.15, 0.2) is 12.3 Å². The molecule has 0 bridgehead atoms. The minimum Gasteiger partial charge on any atom is -0.372 e. The minimum atomic E-state index is -4.35. The fourth-order valence-electron chi connectivity index (χ4n) is 0.445. The summed E-state index contributed by atoms with van der Waals surface area (Å²) < 4.78 is 35.6. The average molecular weight is 181 g/mol. The molecule has 0 aliphatic carbocycles. The van der Waals surface area contributed by atoms with Crippen molar-refractivity contribution in [3.05, 3.63) is 12.3 Å². The van der Waals surface area contributed by atoms with Crippen LogP contribution in [0.3, 0.4) is 0 Å². The van der Waals surface area contributed by atoms with Crippen LogP contribution in [-0.4, -0.2) is 18.0 Å². The average Bonchev–Trinajstić information content (AvgIpc) is 1.85. The lowest BCUT2D eigenvalue weighted by Gasteiger charge is -2.18. The number of rotatable bonds is 3. The highest BCUT2D eigenvalue weighted by Crippen LogP contribution is 2.20. The lowest BCUT2D eigenvalue weighted by atomic mass is 10.2. The van der Waals surface area contributed by atoms with E-state index in [-0.39, 0.29) is 5.70 Å². The first-order valence-electron chi connectivity index (χ1n) is 3.28. The number of hydrogen-bond donors (Lipinski definition) is 1. The molecule has 0 aromatic rings. The zero-order valence-electron chi connectivity index (χ0n) is 6.83. The summed E-state index contributed by atoms with van der Waals surface area (Å²) in [6.45, 7) is 5.22. The van der Waals surface area contributed by atoms with Crippen molar-refractivity contribution in [2.24, 2.45) is 0 Å². The molecule has 70 valence electrons. The molecule has 12 heavy (non-hydrogen) atoms. The van der Waals surface area contributed by atoms with Crippen molar-refractivity contribution in [1.29, 1.82) is 0 Å². The molecule has 0 fully saturated rings. The highest BCUT2D eigenvalue weighted by molar-refractivity contribution is 5.91. The van der Waals surface area contributed by atoms with E-state index in [9.17, 15) is 18.0 Å². The lowest BCUT2D eigenvalue weighted by molar-refractivity contribution is -0.150. The van der Waals surface area contributed by atoms with Crippen molar-refractivity contribution >= 4 is 5.78 Å². The van der Waals surface area contributed by atoms with Crippen molar-refractivity contribution in [2.45, 2.75) is 26.1 Å². The molecule has 0 spiro atoms. The van der Waals surface area contributed by atoms with E-state index in [2.05, 4.69) is 6.58 Å². The second kappa shape index (κ2) is 3.60. The van der Waals surface area contributed by atoms with E-state index in [0.29, 0.717) is 0 Å². The topological polar surface area (TPSA) is 29.1 Å². The number of hydrogen-bond acceptors (Lipinski definition) is 2. The zero-order chi connectivity index (χ0) is 9.94. The molecule has 0 heterocycles. The molecule has 0 aliphatic heterocycles. The molecule has 0 amide bonds. The summed E-state index contributed by atoms with van der Waals surface area (Å²) in [6, 6.07) is -1.74. The summed E-state index contributed by atoms with van der Waals surface area (Å²) in [5.74, 6) is -0.494. The number of carbonyl (C=O) groups is 1. The maximum Gasteiger partial charge on any atom is 0.408 e. The maximum atomic E-state index is 11.9. The van der Waals surface area contributed by atoms with Crippen LogP contribution in [0.2, 0.25) is 0 Å². The van der Waals surface area contributed by atoms with Gasteiger partial charge in [0.05, 0.1) is 5.70 Å². The monoisotopic (exact) mass is 181 g/mol. The molecule has 1 N–H and O–H groups in total. The van der Waals surface area contributed by atoms with Gasteiger partial charge in [-0.15, -0.1) is 0 Å². The molecule has 0 aromatic carbocycles. The van der Waals surface area contributed by atoms with E-state index < -0.39 is 18.0 Å². The molecule has 0 radical (unpaired) electrons. The van der Waals surface area contributed by atoms with Crippen LogP contribution in [-0.2, 0) is 4.79 Å². The normalized spacial score (nSPS) is 13.8. The first-order chi connectivity index (χ1) is 5.25. The fraction of sp³-hybridized carbons (Fsp3) is 0.571.